The Bertz CT molecular complexity index is 531. The first kappa shape index (κ1) is 11.1. The standard InChI is InChI=1S/C12H12N4O/c1-8-9(2)17-12(16-8)7-15-11-4-3-10(5-13)14-6-11/h3-4,6,15H,7H2,1-2H3. The number of nitrogens with zero attached hydrogens (tertiary/aromatic N) is 3. The van der Waals surface area contributed by atoms with Gasteiger partial charge in [-0.05, 0) is 26.0 Å². The van der Waals surface area contributed by atoms with Crippen molar-refractivity contribution in [3.8, 4) is 6.07 Å². The van der Waals surface area contributed by atoms with E-state index in [1.54, 1.807) is 18.3 Å². The fraction of sp³-hybridized carbons (Fsp3) is 0.250. The summed E-state index contributed by atoms with van der Waals surface area (Å²) in [6.07, 6.45) is 1.61. The van der Waals surface area contributed by atoms with Crippen molar-refractivity contribution in [1.82, 2.24) is 9.97 Å². The number of aromatic nitrogens is 2. The third-order valence-corrected chi connectivity index (χ3v) is 2.39. The molecule has 0 radical (unpaired) electrons. The number of aryl methyl sites for hydroxylation is 2. The van der Waals surface area contributed by atoms with Crippen LogP contribution in [0.15, 0.2) is 22.7 Å². The molecular weight excluding hydrogens is 216 g/mol. The topological polar surface area (TPSA) is 74.7 Å². The highest BCUT2D eigenvalue weighted by Gasteiger charge is 2.04. The first-order valence-electron chi connectivity index (χ1n) is 5.22. The SMILES string of the molecule is Cc1nc(CNc2ccc(C#N)nc2)oc1C. The van der Waals surface area contributed by atoms with Gasteiger partial charge in [0.1, 0.15) is 17.5 Å². The Balaban J connectivity index is 2.00. The van der Waals surface area contributed by atoms with Crippen LogP contribution in [0.3, 0.4) is 0 Å². The molecule has 17 heavy (non-hydrogen) atoms. The second-order valence-electron chi connectivity index (χ2n) is 3.65. The third kappa shape index (κ3) is 2.61. The lowest BCUT2D eigenvalue weighted by Crippen LogP contribution is -2.00. The van der Waals surface area contributed by atoms with Crippen LogP contribution in [0.4, 0.5) is 5.69 Å². The van der Waals surface area contributed by atoms with Gasteiger partial charge in [-0.1, -0.05) is 0 Å². The van der Waals surface area contributed by atoms with Crippen LogP contribution < -0.4 is 5.32 Å². The van der Waals surface area contributed by atoms with E-state index in [9.17, 15) is 0 Å². The highest BCUT2D eigenvalue weighted by Crippen LogP contribution is 2.11. The van der Waals surface area contributed by atoms with Crippen LogP contribution in [0.5, 0.6) is 0 Å². The Morgan fingerprint density at radius 3 is 2.76 bits per heavy atom. The van der Waals surface area contributed by atoms with Crippen LogP contribution in [-0.2, 0) is 6.54 Å². The van der Waals surface area contributed by atoms with E-state index >= 15 is 0 Å². The second kappa shape index (κ2) is 4.66. The van der Waals surface area contributed by atoms with E-state index in [1.807, 2.05) is 19.9 Å². The maximum Gasteiger partial charge on any atom is 0.213 e. The lowest BCUT2D eigenvalue weighted by atomic mass is 10.3. The molecule has 0 spiro atoms. The number of nitriles is 1. The Labute approximate surface area is 99.1 Å². The number of hydrogen-bond acceptors (Lipinski definition) is 5. The molecule has 5 nitrogen and oxygen atoms in total. The molecule has 2 aromatic heterocycles. The maximum atomic E-state index is 8.61. The van der Waals surface area contributed by atoms with E-state index in [2.05, 4.69) is 15.3 Å². The van der Waals surface area contributed by atoms with Gasteiger partial charge >= 0.3 is 0 Å². The van der Waals surface area contributed by atoms with Crippen molar-refractivity contribution in [2.75, 3.05) is 5.32 Å². The lowest BCUT2D eigenvalue weighted by molar-refractivity contribution is 0.478. The van der Waals surface area contributed by atoms with Crippen LogP contribution in [-0.4, -0.2) is 9.97 Å². The van der Waals surface area contributed by atoms with E-state index in [0.717, 1.165) is 17.1 Å². The van der Waals surface area contributed by atoms with Gasteiger partial charge in [0.05, 0.1) is 24.1 Å². The zero-order chi connectivity index (χ0) is 12.3. The number of hydrogen-bond donors (Lipinski definition) is 1. The number of anilines is 1. The van der Waals surface area contributed by atoms with Crippen LogP contribution in [0.1, 0.15) is 23.0 Å². The molecule has 0 aliphatic heterocycles. The number of pyridine rings is 1. The number of rotatable bonds is 3. The molecule has 0 aromatic carbocycles. The average Bonchev–Trinajstić information content (AvgIpc) is 2.67. The highest BCUT2D eigenvalue weighted by molar-refractivity contribution is 5.42. The summed E-state index contributed by atoms with van der Waals surface area (Å²) >= 11 is 0. The van der Waals surface area contributed by atoms with Crippen molar-refractivity contribution in [3.63, 3.8) is 0 Å². The predicted molar refractivity (Wildman–Crippen MR) is 62.3 cm³/mol. The molecule has 0 saturated carbocycles. The molecule has 2 aromatic rings. The summed E-state index contributed by atoms with van der Waals surface area (Å²) in [4.78, 5) is 8.21. The van der Waals surface area contributed by atoms with Crippen molar-refractivity contribution < 1.29 is 4.42 Å². The molecule has 0 saturated heterocycles. The van der Waals surface area contributed by atoms with E-state index in [0.29, 0.717) is 18.1 Å². The van der Waals surface area contributed by atoms with Crippen molar-refractivity contribution in [2.45, 2.75) is 20.4 Å². The quantitative estimate of drug-likeness (QED) is 0.871. The van der Waals surface area contributed by atoms with Crippen LogP contribution in [0.2, 0.25) is 0 Å². The molecule has 0 unspecified atom stereocenters. The fourth-order valence-corrected chi connectivity index (χ4v) is 1.36. The van der Waals surface area contributed by atoms with E-state index in [1.165, 1.54) is 0 Å². The van der Waals surface area contributed by atoms with Gasteiger partial charge in [-0.25, -0.2) is 9.97 Å². The van der Waals surface area contributed by atoms with Crippen LogP contribution in [0.25, 0.3) is 0 Å². The summed E-state index contributed by atoms with van der Waals surface area (Å²) < 4.78 is 5.43. The summed E-state index contributed by atoms with van der Waals surface area (Å²) in [6.45, 7) is 4.29. The average molecular weight is 228 g/mol. The van der Waals surface area contributed by atoms with E-state index in [4.69, 9.17) is 9.68 Å². The maximum absolute atomic E-state index is 8.61. The largest absolute Gasteiger partial charge is 0.444 e. The zero-order valence-electron chi connectivity index (χ0n) is 9.69. The van der Waals surface area contributed by atoms with Gasteiger partial charge in [-0.3, -0.25) is 0 Å². The second-order valence-corrected chi connectivity index (χ2v) is 3.65. The minimum Gasteiger partial charge on any atom is -0.444 e. The van der Waals surface area contributed by atoms with E-state index < -0.39 is 0 Å². The van der Waals surface area contributed by atoms with Crippen LogP contribution in [0, 0.1) is 25.2 Å². The molecule has 0 aliphatic carbocycles. The Morgan fingerprint density at radius 1 is 1.41 bits per heavy atom. The Hall–Kier alpha value is -2.35. The normalized spacial score (nSPS) is 9.94. The molecule has 2 heterocycles. The van der Waals surface area contributed by atoms with Crippen LogP contribution >= 0.6 is 0 Å². The summed E-state index contributed by atoms with van der Waals surface area (Å²) in [5, 5.41) is 11.7. The molecule has 0 aliphatic rings. The summed E-state index contributed by atoms with van der Waals surface area (Å²) in [6, 6.07) is 5.43. The highest BCUT2D eigenvalue weighted by atomic mass is 16.4. The minimum atomic E-state index is 0.401. The number of nitrogens with one attached hydrogen (secondary N) is 1. The molecular formula is C12H12N4O. The molecule has 1 N–H and O–H groups in total. The minimum absolute atomic E-state index is 0.401. The summed E-state index contributed by atoms with van der Waals surface area (Å²) in [5.41, 5.74) is 2.13. The Kier molecular flexibility index (Phi) is 3.06. The molecule has 0 fully saturated rings. The summed E-state index contributed by atoms with van der Waals surface area (Å²) in [5.74, 6) is 1.48. The van der Waals surface area contributed by atoms with Gasteiger partial charge in [0, 0.05) is 0 Å². The van der Waals surface area contributed by atoms with Gasteiger partial charge in [-0.15, -0.1) is 0 Å². The van der Waals surface area contributed by atoms with Gasteiger partial charge in [0.15, 0.2) is 0 Å². The monoisotopic (exact) mass is 228 g/mol. The van der Waals surface area contributed by atoms with Crippen molar-refractivity contribution in [3.05, 3.63) is 41.4 Å². The molecule has 0 amide bonds. The predicted octanol–water partition coefficient (Wildman–Crippen LogP) is 2.17. The summed E-state index contributed by atoms with van der Waals surface area (Å²) in [7, 11) is 0. The molecule has 2 rings (SSSR count). The van der Waals surface area contributed by atoms with Gasteiger partial charge < -0.3 is 9.73 Å². The van der Waals surface area contributed by atoms with Crippen molar-refractivity contribution >= 4 is 5.69 Å². The molecule has 5 heteroatoms. The molecule has 86 valence electrons. The van der Waals surface area contributed by atoms with Crippen molar-refractivity contribution in [1.29, 1.82) is 5.26 Å². The fourth-order valence-electron chi connectivity index (χ4n) is 1.36. The van der Waals surface area contributed by atoms with Crippen molar-refractivity contribution in [2.24, 2.45) is 0 Å². The van der Waals surface area contributed by atoms with Gasteiger partial charge in [0.25, 0.3) is 0 Å². The third-order valence-electron chi connectivity index (χ3n) is 2.39. The molecule has 0 atom stereocenters. The lowest BCUT2D eigenvalue weighted by Gasteiger charge is -2.02. The zero-order valence-corrected chi connectivity index (χ0v) is 9.69. The Morgan fingerprint density at radius 2 is 2.24 bits per heavy atom. The first-order valence-corrected chi connectivity index (χ1v) is 5.22. The van der Waals surface area contributed by atoms with Gasteiger partial charge in [0.2, 0.25) is 5.89 Å². The smallest absolute Gasteiger partial charge is 0.213 e. The molecule has 0 bridgehead atoms. The van der Waals surface area contributed by atoms with Gasteiger partial charge in [-0.2, -0.15) is 5.26 Å². The first-order chi connectivity index (χ1) is 8.19. The number of oxazole rings is 1. The van der Waals surface area contributed by atoms with E-state index in [-0.39, 0.29) is 0 Å².